The molecular weight excluding hydrogens is 178 g/mol. The van der Waals surface area contributed by atoms with Crippen LogP contribution in [0.3, 0.4) is 0 Å². The summed E-state index contributed by atoms with van der Waals surface area (Å²) in [5.74, 6) is 0.690. The zero-order chi connectivity index (χ0) is 10.4. The van der Waals surface area contributed by atoms with Gasteiger partial charge in [-0.15, -0.1) is 0 Å². The maximum Gasteiger partial charge on any atom is 0.0693 e. The van der Waals surface area contributed by atoms with Gasteiger partial charge in [-0.3, -0.25) is 0 Å². The molecule has 0 aromatic heterocycles. The molecule has 1 aliphatic rings. The van der Waals surface area contributed by atoms with Crippen LogP contribution >= 0.6 is 0 Å². The van der Waals surface area contributed by atoms with Crippen molar-refractivity contribution in [1.29, 1.82) is 0 Å². The van der Waals surface area contributed by atoms with E-state index < -0.39 is 0 Å². The van der Waals surface area contributed by atoms with Gasteiger partial charge in [0.1, 0.15) is 0 Å². The van der Waals surface area contributed by atoms with Gasteiger partial charge in [-0.25, -0.2) is 0 Å². The Morgan fingerprint density at radius 3 is 2.86 bits per heavy atom. The van der Waals surface area contributed by atoms with Crippen LogP contribution in [0.25, 0.3) is 0 Å². The first-order chi connectivity index (χ1) is 6.74. The average molecular weight is 201 g/mol. The molecule has 0 aromatic rings. The third-order valence-corrected chi connectivity index (χ3v) is 3.06. The summed E-state index contributed by atoms with van der Waals surface area (Å²) in [7, 11) is 1.76. The molecule has 1 rings (SSSR count). The molecule has 1 saturated heterocycles. The highest BCUT2D eigenvalue weighted by atomic mass is 16.5. The zero-order valence-corrected chi connectivity index (χ0v) is 9.58. The molecule has 3 heteroatoms. The Balaban J connectivity index is 2.12. The van der Waals surface area contributed by atoms with E-state index in [-0.39, 0.29) is 6.10 Å². The first-order valence-corrected chi connectivity index (χ1v) is 5.58. The second-order valence-electron chi connectivity index (χ2n) is 4.22. The van der Waals surface area contributed by atoms with Crippen LogP contribution in [0.2, 0.25) is 0 Å². The third kappa shape index (κ3) is 3.95. The fraction of sp³-hybridized carbons (Fsp3) is 1.00. The van der Waals surface area contributed by atoms with Crippen LogP contribution in [0.4, 0.5) is 0 Å². The predicted octanol–water partition coefficient (Wildman–Crippen LogP) is 1.43. The quantitative estimate of drug-likeness (QED) is 0.730. The normalized spacial score (nSPS) is 27.2. The largest absolute Gasteiger partial charge is 0.381 e. The SMILES string of the molecule is COC(C)C(C)NCC1CCCOC1. The third-order valence-electron chi connectivity index (χ3n) is 3.06. The summed E-state index contributed by atoms with van der Waals surface area (Å²) in [5, 5.41) is 3.50. The number of hydrogen-bond acceptors (Lipinski definition) is 3. The van der Waals surface area contributed by atoms with E-state index in [4.69, 9.17) is 9.47 Å². The molecule has 1 fully saturated rings. The molecule has 0 amide bonds. The summed E-state index contributed by atoms with van der Waals surface area (Å²) in [5.41, 5.74) is 0. The molecule has 14 heavy (non-hydrogen) atoms. The first-order valence-electron chi connectivity index (χ1n) is 5.58. The molecule has 1 heterocycles. The average Bonchev–Trinajstić information content (AvgIpc) is 2.26. The van der Waals surface area contributed by atoms with Crippen molar-refractivity contribution in [3.8, 4) is 0 Å². The monoisotopic (exact) mass is 201 g/mol. The van der Waals surface area contributed by atoms with Crippen molar-refractivity contribution in [2.75, 3.05) is 26.9 Å². The second kappa shape index (κ2) is 6.38. The molecule has 1 aliphatic heterocycles. The molecule has 0 aliphatic carbocycles. The summed E-state index contributed by atoms with van der Waals surface area (Å²) in [4.78, 5) is 0. The van der Waals surface area contributed by atoms with Crippen molar-refractivity contribution in [1.82, 2.24) is 5.32 Å². The summed E-state index contributed by atoms with van der Waals surface area (Å²) >= 11 is 0. The summed E-state index contributed by atoms with van der Waals surface area (Å²) in [6, 6.07) is 0.418. The molecule has 0 saturated carbocycles. The Labute approximate surface area is 87.2 Å². The number of ether oxygens (including phenoxy) is 2. The number of rotatable bonds is 5. The van der Waals surface area contributed by atoms with E-state index in [2.05, 4.69) is 19.2 Å². The van der Waals surface area contributed by atoms with Gasteiger partial charge in [0.05, 0.1) is 12.7 Å². The Bertz CT molecular complexity index is 144. The Kier molecular flexibility index (Phi) is 5.45. The fourth-order valence-corrected chi connectivity index (χ4v) is 1.69. The lowest BCUT2D eigenvalue weighted by atomic mass is 10.0. The Morgan fingerprint density at radius 2 is 2.29 bits per heavy atom. The van der Waals surface area contributed by atoms with Crippen molar-refractivity contribution in [2.45, 2.75) is 38.8 Å². The van der Waals surface area contributed by atoms with Gasteiger partial charge in [0.2, 0.25) is 0 Å². The van der Waals surface area contributed by atoms with E-state index in [1.807, 2.05) is 0 Å². The van der Waals surface area contributed by atoms with Gasteiger partial charge >= 0.3 is 0 Å². The van der Waals surface area contributed by atoms with E-state index in [0.29, 0.717) is 12.0 Å². The van der Waals surface area contributed by atoms with E-state index >= 15 is 0 Å². The highest BCUT2D eigenvalue weighted by molar-refractivity contribution is 4.72. The zero-order valence-electron chi connectivity index (χ0n) is 9.58. The predicted molar refractivity (Wildman–Crippen MR) is 57.5 cm³/mol. The van der Waals surface area contributed by atoms with E-state index in [9.17, 15) is 0 Å². The molecule has 3 atom stereocenters. The van der Waals surface area contributed by atoms with Crippen LogP contribution in [0.15, 0.2) is 0 Å². The van der Waals surface area contributed by atoms with E-state index in [1.54, 1.807) is 7.11 Å². The maximum atomic E-state index is 5.43. The van der Waals surface area contributed by atoms with E-state index in [0.717, 1.165) is 19.8 Å². The molecule has 0 spiro atoms. The highest BCUT2D eigenvalue weighted by Gasteiger charge is 2.16. The number of hydrogen-bond donors (Lipinski definition) is 1. The van der Waals surface area contributed by atoms with Gasteiger partial charge in [0, 0.05) is 26.3 Å². The molecule has 0 bridgehead atoms. The van der Waals surface area contributed by atoms with Crippen molar-refractivity contribution in [2.24, 2.45) is 5.92 Å². The lowest BCUT2D eigenvalue weighted by Gasteiger charge is -2.26. The van der Waals surface area contributed by atoms with Crippen LogP contribution in [0, 0.1) is 5.92 Å². The number of methoxy groups -OCH3 is 1. The minimum absolute atomic E-state index is 0.277. The van der Waals surface area contributed by atoms with Crippen LogP contribution in [0.5, 0.6) is 0 Å². The molecule has 1 N–H and O–H groups in total. The number of nitrogens with one attached hydrogen (secondary N) is 1. The van der Waals surface area contributed by atoms with Gasteiger partial charge < -0.3 is 14.8 Å². The second-order valence-corrected chi connectivity index (χ2v) is 4.22. The molecule has 3 unspecified atom stereocenters. The topological polar surface area (TPSA) is 30.5 Å². The smallest absolute Gasteiger partial charge is 0.0693 e. The lowest BCUT2D eigenvalue weighted by molar-refractivity contribution is 0.0470. The van der Waals surface area contributed by atoms with Crippen LogP contribution in [-0.2, 0) is 9.47 Å². The van der Waals surface area contributed by atoms with Crippen molar-refractivity contribution >= 4 is 0 Å². The molecule has 0 radical (unpaired) electrons. The molecular formula is C11H23NO2. The van der Waals surface area contributed by atoms with Crippen molar-refractivity contribution in [3.05, 3.63) is 0 Å². The lowest BCUT2D eigenvalue weighted by Crippen LogP contribution is -2.40. The molecule has 0 aromatic carbocycles. The summed E-state index contributed by atoms with van der Waals surface area (Å²) in [6.45, 7) is 7.17. The summed E-state index contributed by atoms with van der Waals surface area (Å²) in [6.07, 6.45) is 2.78. The Morgan fingerprint density at radius 1 is 1.50 bits per heavy atom. The van der Waals surface area contributed by atoms with Gasteiger partial charge in [0.15, 0.2) is 0 Å². The van der Waals surface area contributed by atoms with Crippen molar-refractivity contribution in [3.63, 3.8) is 0 Å². The fourth-order valence-electron chi connectivity index (χ4n) is 1.69. The van der Waals surface area contributed by atoms with Gasteiger partial charge in [-0.1, -0.05) is 0 Å². The van der Waals surface area contributed by atoms with Gasteiger partial charge in [-0.05, 0) is 32.6 Å². The Hall–Kier alpha value is -0.120. The van der Waals surface area contributed by atoms with Gasteiger partial charge in [-0.2, -0.15) is 0 Å². The van der Waals surface area contributed by atoms with Crippen molar-refractivity contribution < 1.29 is 9.47 Å². The molecule has 3 nitrogen and oxygen atoms in total. The highest BCUT2D eigenvalue weighted by Crippen LogP contribution is 2.12. The van der Waals surface area contributed by atoms with Crippen LogP contribution in [-0.4, -0.2) is 39.0 Å². The first kappa shape index (κ1) is 12.0. The van der Waals surface area contributed by atoms with Gasteiger partial charge in [0.25, 0.3) is 0 Å². The maximum absolute atomic E-state index is 5.43. The minimum atomic E-state index is 0.277. The van der Waals surface area contributed by atoms with Crippen LogP contribution < -0.4 is 5.32 Å². The minimum Gasteiger partial charge on any atom is -0.381 e. The van der Waals surface area contributed by atoms with Crippen LogP contribution in [0.1, 0.15) is 26.7 Å². The van der Waals surface area contributed by atoms with E-state index in [1.165, 1.54) is 12.8 Å². The summed E-state index contributed by atoms with van der Waals surface area (Å²) < 4.78 is 10.7. The molecule has 84 valence electrons. The standard InChI is InChI=1S/C11H23NO2/c1-9(10(2)13-3)12-7-11-5-4-6-14-8-11/h9-12H,4-8H2,1-3H3.